The molecule has 0 atom stereocenters. The smallest absolute Gasteiger partial charge is 0.257 e. The topological polar surface area (TPSA) is 63.2 Å². The standard InChI is InChI=1S/C20H14Cl3N3O2S/c1-11-7-16(23)19(24-10-11)28-17-14(21)8-13(9-15(17)22)25-20(29)26-18(27)12-5-3-2-4-6-12/h2-10H,1H3,(H2,25,26,27,29). The van der Waals surface area contributed by atoms with E-state index < -0.39 is 0 Å². The van der Waals surface area contributed by atoms with Gasteiger partial charge in [-0.05, 0) is 55.0 Å². The maximum atomic E-state index is 12.2. The maximum Gasteiger partial charge on any atom is 0.257 e. The van der Waals surface area contributed by atoms with E-state index in [4.69, 9.17) is 51.8 Å². The summed E-state index contributed by atoms with van der Waals surface area (Å²) in [7, 11) is 0. The van der Waals surface area contributed by atoms with Crippen LogP contribution in [0, 0.1) is 6.92 Å². The van der Waals surface area contributed by atoms with E-state index in [1.165, 1.54) is 0 Å². The van der Waals surface area contributed by atoms with Gasteiger partial charge in [0, 0.05) is 17.4 Å². The van der Waals surface area contributed by atoms with Crippen LogP contribution in [0.15, 0.2) is 54.7 Å². The molecule has 5 nitrogen and oxygen atoms in total. The van der Waals surface area contributed by atoms with Gasteiger partial charge in [-0.1, -0.05) is 53.0 Å². The lowest BCUT2D eigenvalue weighted by Gasteiger charge is -2.14. The first kappa shape index (κ1) is 21.3. The van der Waals surface area contributed by atoms with E-state index in [9.17, 15) is 4.79 Å². The molecule has 1 aromatic heterocycles. The quantitative estimate of drug-likeness (QED) is 0.444. The fraction of sp³-hybridized carbons (Fsp3) is 0.0500. The van der Waals surface area contributed by atoms with E-state index in [1.807, 2.05) is 13.0 Å². The van der Waals surface area contributed by atoms with Gasteiger partial charge in [-0.3, -0.25) is 10.1 Å². The summed E-state index contributed by atoms with van der Waals surface area (Å²) in [4.78, 5) is 16.3. The first-order valence-corrected chi connectivity index (χ1v) is 9.84. The average Bonchev–Trinajstić information content (AvgIpc) is 2.66. The fourth-order valence-electron chi connectivity index (χ4n) is 2.35. The molecule has 2 aromatic carbocycles. The molecule has 9 heteroatoms. The number of aromatic nitrogens is 1. The molecule has 0 radical (unpaired) electrons. The number of anilines is 1. The number of hydrogen-bond donors (Lipinski definition) is 2. The number of nitrogens with zero attached hydrogens (tertiary/aromatic N) is 1. The summed E-state index contributed by atoms with van der Waals surface area (Å²) in [5.74, 6) is 0.0594. The molecule has 3 aromatic rings. The summed E-state index contributed by atoms with van der Waals surface area (Å²) in [5.41, 5.74) is 1.86. The van der Waals surface area contributed by atoms with Crippen molar-refractivity contribution in [3.05, 3.63) is 80.9 Å². The zero-order valence-corrected chi connectivity index (χ0v) is 18.1. The second kappa shape index (κ2) is 9.41. The number of amides is 1. The first-order chi connectivity index (χ1) is 13.8. The third-order valence-corrected chi connectivity index (χ3v) is 4.70. The van der Waals surface area contributed by atoms with Crippen LogP contribution in [0.1, 0.15) is 15.9 Å². The summed E-state index contributed by atoms with van der Waals surface area (Å²) in [5, 5.41) is 6.33. The van der Waals surface area contributed by atoms with Gasteiger partial charge in [0.2, 0.25) is 5.88 Å². The number of thiocarbonyl (C=S) groups is 1. The van der Waals surface area contributed by atoms with Crippen LogP contribution in [0.2, 0.25) is 15.1 Å². The third kappa shape index (κ3) is 5.58. The van der Waals surface area contributed by atoms with Crippen LogP contribution in [-0.4, -0.2) is 16.0 Å². The van der Waals surface area contributed by atoms with Gasteiger partial charge < -0.3 is 10.1 Å². The summed E-state index contributed by atoms with van der Waals surface area (Å²) in [6, 6.07) is 13.6. The van der Waals surface area contributed by atoms with Gasteiger partial charge in [-0.2, -0.15) is 0 Å². The lowest BCUT2D eigenvalue weighted by atomic mass is 10.2. The van der Waals surface area contributed by atoms with Crippen molar-refractivity contribution in [2.45, 2.75) is 6.92 Å². The molecular formula is C20H14Cl3N3O2S. The lowest BCUT2D eigenvalue weighted by Crippen LogP contribution is -2.34. The highest BCUT2D eigenvalue weighted by Crippen LogP contribution is 2.40. The van der Waals surface area contributed by atoms with Crippen LogP contribution in [0.4, 0.5) is 5.69 Å². The van der Waals surface area contributed by atoms with Gasteiger partial charge in [0.05, 0.1) is 10.0 Å². The average molecular weight is 467 g/mol. The summed E-state index contributed by atoms with van der Waals surface area (Å²) < 4.78 is 5.67. The Morgan fingerprint density at radius 2 is 1.69 bits per heavy atom. The van der Waals surface area contributed by atoms with Gasteiger partial charge in [-0.25, -0.2) is 4.98 Å². The van der Waals surface area contributed by atoms with Gasteiger partial charge in [0.1, 0.15) is 5.02 Å². The molecule has 0 aliphatic carbocycles. The predicted molar refractivity (Wildman–Crippen MR) is 121 cm³/mol. The Labute approximate surface area is 188 Å². The van der Waals surface area contributed by atoms with Crippen LogP contribution < -0.4 is 15.4 Å². The minimum absolute atomic E-state index is 0.0999. The highest BCUT2D eigenvalue weighted by atomic mass is 35.5. The minimum Gasteiger partial charge on any atom is -0.434 e. The molecule has 0 bridgehead atoms. The number of ether oxygens (including phenoxy) is 1. The number of carbonyl (C=O) groups excluding carboxylic acids is 1. The molecule has 1 amide bonds. The molecule has 0 saturated carbocycles. The van der Waals surface area contributed by atoms with E-state index >= 15 is 0 Å². The second-order valence-electron chi connectivity index (χ2n) is 5.94. The summed E-state index contributed by atoms with van der Waals surface area (Å²) >= 11 is 23.9. The Morgan fingerprint density at radius 3 is 2.31 bits per heavy atom. The Kier molecular flexibility index (Phi) is 6.92. The summed E-state index contributed by atoms with van der Waals surface area (Å²) in [6.45, 7) is 1.86. The molecule has 148 valence electrons. The Hall–Kier alpha value is -2.38. The second-order valence-corrected chi connectivity index (χ2v) is 7.57. The van der Waals surface area contributed by atoms with Gasteiger partial charge in [0.25, 0.3) is 5.91 Å². The Morgan fingerprint density at radius 1 is 1.03 bits per heavy atom. The zero-order chi connectivity index (χ0) is 21.0. The molecule has 0 unspecified atom stereocenters. The van der Waals surface area contributed by atoms with Crippen LogP contribution >= 0.6 is 47.0 Å². The number of halogens is 3. The fourth-order valence-corrected chi connectivity index (χ4v) is 3.38. The van der Waals surface area contributed by atoms with E-state index in [-0.39, 0.29) is 32.7 Å². The zero-order valence-electron chi connectivity index (χ0n) is 15.0. The number of carbonyl (C=O) groups is 1. The van der Waals surface area contributed by atoms with Crippen molar-refractivity contribution >= 4 is 63.7 Å². The predicted octanol–water partition coefficient (Wildman–Crippen LogP) is 6.27. The number of pyridine rings is 1. The molecule has 0 saturated heterocycles. The number of hydrogen-bond acceptors (Lipinski definition) is 4. The molecule has 0 aliphatic rings. The van der Waals surface area contributed by atoms with Crippen molar-refractivity contribution in [1.29, 1.82) is 0 Å². The van der Waals surface area contributed by atoms with E-state index in [0.29, 0.717) is 16.3 Å². The Balaban J connectivity index is 1.71. The molecule has 2 N–H and O–H groups in total. The van der Waals surface area contributed by atoms with Gasteiger partial charge in [-0.15, -0.1) is 0 Å². The van der Waals surface area contributed by atoms with Crippen LogP contribution in [-0.2, 0) is 0 Å². The Bertz CT molecular complexity index is 1050. The normalized spacial score (nSPS) is 10.3. The van der Waals surface area contributed by atoms with E-state index in [1.54, 1.807) is 48.7 Å². The molecule has 1 heterocycles. The largest absolute Gasteiger partial charge is 0.434 e. The molecular weight excluding hydrogens is 453 g/mol. The number of rotatable bonds is 4. The van der Waals surface area contributed by atoms with Gasteiger partial charge in [0.15, 0.2) is 10.9 Å². The number of benzene rings is 2. The van der Waals surface area contributed by atoms with E-state index in [0.717, 1.165) is 5.56 Å². The van der Waals surface area contributed by atoms with Crippen molar-refractivity contribution in [3.8, 4) is 11.6 Å². The molecule has 29 heavy (non-hydrogen) atoms. The molecule has 0 spiro atoms. The molecule has 3 rings (SSSR count). The number of aryl methyl sites for hydroxylation is 1. The van der Waals surface area contributed by atoms with Crippen LogP contribution in [0.3, 0.4) is 0 Å². The lowest BCUT2D eigenvalue weighted by molar-refractivity contribution is 0.0977. The van der Waals surface area contributed by atoms with Crippen LogP contribution in [0.25, 0.3) is 0 Å². The highest BCUT2D eigenvalue weighted by Gasteiger charge is 2.15. The van der Waals surface area contributed by atoms with Crippen molar-refractivity contribution in [3.63, 3.8) is 0 Å². The van der Waals surface area contributed by atoms with Crippen molar-refractivity contribution in [2.75, 3.05) is 5.32 Å². The van der Waals surface area contributed by atoms with Crippen molar-refractivity contribution in [1.82, 2.24) is 10.3 Å². The monoisotopic (exact) mass is 465 g/mol. The number of nitrogens with one attached hydrogen (secondary N) is 2. The molecule has 0 aliphatic heterocycles. The first-order valence-electron chi connectivity index (χ1n) is 8.30. The van der Waals surface area contributed by atoms with Crippen molar-refractivity contribution in [2.24, 2.45) is 0 Å². The van der Waals surface area contributed by atoms with Crippen LogP contribution in [0.5, 0.6) is 11.6 Å². The van der Waals surface area contributed by atoms with Crippen molar-refractivity contribution < 1.29 is 9.53 Å². The molecule has 0 fully saturated rings. The van der Waals surface area contributed by atoms with E-state index in [2.05, 4.69) is 15.6 Å². The summed E-state index contributed by atoms with van der Waals surface area (Å²) in [6.07, 6.45) is 1.62. The van der Waals surface area contributed by atoms with Gasteiger partial charge >= 0.3 is 0 Å². The third-order valence-electron chi connectivity index (χ3n) is 3.66. The maximum absolute atomic E-state index is 12.2. The minimum atomic E-state index is -0.333. The highest BCUT2D eigenvalue weighted by molar-refractivity contribution is 7.80. The SMILES string of the molecule is Cc1cnc(Oc2c(Cl)cc(NC(=S)NC(=O)c3ccccc3)cc2Cl)c(Cl)c1.